The van der Waals surface area contributed by atoms with Gasteiger partial charge in [0, 0.05) is 18.4 Å². The average Bonchev–Trinajstić information content (AvgIpc) is 2.62. The van der Waals surface area contributed by atoms with Crippen LogP contribution in [0.3, 0.4) is 0 Å². The molecule has 1 fully saturated rings. The summed E-state index contributed by atoms with van der Waals surface area (Å²) in [5, 5.41) is 0. The molecule has 0 N–H and O–H groups in total. The lowest BCUT2D eigenvalue weighted by Crippen LogP contribution is -2.26. The van der Waals surface area contributed by atoms with Crippen molar-refractivity contribution in [2.45, 2.75) is 32.4 Å². The number of aromatic nitrogens is 2. The minimum absolute atomic E-state index is 0.00741. The summed E-state index contributed by atoms with van der Waals surface area (Å²) in [5.74, 6) is 0. The molecule has 1 aliphatic heterocycles. The number of hydrogen-bond donors (Lipinski definition) is 0. The lowest BCUT2D eigenvalue weighted by Gasteiger charge is -2.10. The van der Waals surface area contributed by atoms with Gasteiger partial charge in [0.05, 0.1) is 19.0 Å². The Labute approximate surface area is 82.5 Å². The second kappa shape index (κ2) is 3.92. The maximum atomic E-state index is 11.5. The Morgan fingerprint density at radius 1 is 1.71 bits per heavy atom. The minimum atomic E-state index is 0.00741. The van der Waals surface area contributed by atoms with Crippen LogP contribution >= 0.6 is 0 Å². The summed E-state index contributed by atoms with van der Waals surface area (Å²) in [6.45, 7) is 3.27. The summed E-state index contributed by atoms with van der Waals surface area (Å²) in [7, 11) is 0. The largest absolute Gasteiger partial charge is 0.376 e. The molecule has 14 heavy (non-hydrogen) atoms. The number of rotatable bonds is 2. The summed E-state index contributed by atoms with van der Waals surface area (Å²) < 4.78 is 7.07. The maximum absolute atomic E-state index is 11.5. The lowest BCUT2D eigenvalue weighted by atomic mass is 10.2. The standard InChI is InChI=1S/C10H14N2O2/c1-8-5-10(13)12(7-11-8)6-9-3-2-4-14-9/h5,7,9H,2-4,6H2,1H3. The Bertz CT molecular complexity index is 367. The van der Waals surface area contributed by atoms with Crippen molar-refractivity contribution in [3.8, 4) is 0 Å². The van der Waals surface area contributed by atoms with Crippen molar-refractivity contribution in [1.82, 2.24) is 9.55 Å². The van der Waals surface area contributed by atoms with Crippen LogP contribution in [-0.2, 0) is 11.3 Å². The van der Waals surface area contributed by atoms with Gasteiger partial charge in [0.1, 0.15) is 0 Å². The normalized spacial score (nSPS) is 21.4. The Kier molecular flexibility index (Phi) is 2.63. The number of aryl methyl sites for hydroxylation is 1. The average molecular weight is 194 g/mol. The van der Waals surface area contributed by atoms with E-state index in [0.29, 0.717) is 6.54 Å². The van der Waals surface area contributed by atoms with Gasteiger partial charge in [-0.15, -0.1) is 0 Å². The summed E-state index contributed by atoms with van der Waals surface area (Å²) in [6, 6.07) is 1.55. The number of hydrogen-bond acceptors (Lipinski definition) is 3. The van der Waals surface area contributed by atoms with Gasteiger partial charge in [0.15, 0.2) is 0 Å². The molecule has 0 spiro atoms. The Balaban J connectivity index is 2.12. The summed E-state index contributed by atoms with van der Waals surface area (Å²) >= 11 is 0. The zero-order valence-electron chi connectivity index (χ0n) is 8.27. The molecule has 0 amide bonds. The van der Waals surface area contributed by atoms with Gasteiger partial charge in [-0.05, 0) is 19.8 Å². The van der Waals surface area contributed by atoms with Gasteiger partial charge in [-0.2, -0.15) is 0 Å². The molecule has 0 aliphatic carbocycles. The van der Waals surface area contributed by atoms with Gasteiger partial charge in [0.25, 0.3) is 5.56 Å². The molecule has 1 aromatic heterocycles. The van der Waals surface area contributed by atoms with Crippen molar-refractivity contribution in [3.63, 3.8) is 0 Å². The Morgan fingerprint density at radius 2 is 2.57 bits per heavy atom. The van der Waals surface area contributed by atoms with Crippen LogP contribution in [0.25, 0.3) is 0 Å². The van der Waals surface area contributed by atoms with E-state index < -0.39 is 0 Å². The van der Waals surface area contributed by atoms with Crippen LogP contribution in [0.1, 0.15) is 18.5 Å². The molecule has 2 heterocycles. The van der Waals surface area contributed by atoms with Crippen molar-refractivity contribution in [2.24, 2.45) is 0 Å². The fourth-order valence-corrected chi connectivity index (χ4v) is 1.66. The van der Waals surface area contributed by atoms with Crippen molar-refractivity contribution in [2.75, 3.05) is 6.61 Å². The molecule has 0 saturated carbocycles. The van der Waals surface area contributed by atoms with E-state index in [4.69, 9.17) is 4.74 Å². The Hall–Kier alpha value is -1.16. The van der Waals surface area contributed by atoms with E-state index >= 15 is 0 Å². The molecule has 2 rings (SSSR count). The number of ether oxygens (including phenoxy) is 1. The molecular formula is C10H14N2O2. The van der Waals surface area contributed by atoms with Crippen LogP contribution in [0.4, 0.5) is 0 Å². The van der Waals surface area contributed by atoms with E-state index in [1.54, 1.807) is 17.0 Å². The van der Waals surface area contributed by atoms with Crippen molar-refractivity contribution in [3.05, 3.63) is 28.4 Å². The van der Waals surface area contributed by atoms with E-state index in [9.17, 15) is 4.79 Å². The molecule has 1 atom stereocenters. The molecule has 0 bridgehead atoms. The summed E-state index contributed by atoms with van der Waals surface area (Å²) in [5.41, 5.74) is 0.770. The third-order valence-corrected chi connectivity index (χ3v) is 2.44. The second-order valence-electron chi connectivity index (χ2n) is 3.66. The molecule has 4 heteroatoms. The van der Waals surface area contributed by atoms with Crippen LogP contribution in [0.2, 0.25) is 0 Å². The van der Waals surface area contributed by atoms with Gasteiger partial charge in [-0.3, -0.25) is 9.36 Å². The first-order chi connectivity index (χ1) is 6.75. The summed E-state index contributed by atoms with van der Waals surface area (Å²) in [4.78, 5) is 15.6. The highest BCUT2D eigenvalue weighted by atomic mass is 16.5. The third kappa shape index (κ3) is 2.01. The maximum Gasteiger partial charge on any atom is 0.253 e. The molecule has 76 valence electrons. The van der Waals surface area contributed by atoms with E-state index in [1.807, 2.05) is 6.92 Å². The van der Waals surface area contributed by atoms with Crippen molar-refractivity contribution < 1.29 is 4.74 Å². The van der Waals surface area contributed by atoms with E-state index in [0.717, 1.165) is 25.1 Å². The second-order valence-corrected chi connectivity index (χ2v) is 3.66. The highest BCUT2D eigenvalue weighted by molar-refractivity contribution is 4.96. The van der Waals surface area contributed by atoms with Gasteiger partial charge >= 0.3 is 0 Å². The van der Waals surface area contributed by atoms with Crippen LogP contribution < -0.4 is 5.56 Å². The predicted octanol–water partition coefficient (Wildman–Crippen LogP) is 0.731. The fraction of sp³-hybridized carbons (Fsp3) is 0.600. The molecule has 1 saturated heterocycles. The van der Waals surface area contributed by atoms with Crippen LogP contribution in [0.15, 0.2) is 17.2 Å². The topological polar surface area (TPSA) is 44.1 Å². The quantitative estimate of drug-likeness (QED) is 0.697. The Morgan fingerprint density at radius 3 is 3.21 bits per heavy atom. The number of nitrogens with zero attached hydrogens (tertiary/aromatic N) is 2. The molecule has 4 nitrogen and oxygen atoms in total. The van der Waals surface area contributed by atoms with Crippen LogP contribution in [0, 0.1) is 6.92 Å². The van der Waals surface area contributed by atoms with E-state index in [-0.39, 0.29) is 11.7 Å². The molecular weight excluding hydrogens is 180 g/mol. The minimum Gasteiger partial charge on any atom is -0.376 e. The molecule has 1 unspecified atom stereocenters. The highest BCUT2D eigenvalue weighted by Crippen LogP contribution is 2.12. The molecule has 0 aromatic carbocycles. The first-order valence-corrected chi connectivity index (χ1v) is 4.90. The zero-order chi connectivity index (χ0) is 9.97. The first-order valence-electron chi connectivity index (χ1n) is 4.90. The first kappa shape index (κ1) is 9.40. The lowest BCUT2D eigenvalue weighted by molar-refractivity contribution is 0.0958. The monoisotopic (exact) mass is 194 g/mol. The van der Waals surface area contributed by atoms with E-state index in [1.165, 1.54) is 0 Å². The smallest absolute Gasteiger partial charge is 0.253 e. The highest BCUT2D eigenvalue weighted by Gasteiger charge is 2.16. The SMILES string of the molecule is Cc1cc(=O)n(CC2CCCO2)cn1. The van der Waals surface area contributed by atoms with Gasteiger partial charge in [-0.25, -0.2) is 4.98 Å². The van der Waals surface area contributed by atoms with Gasteiger partial charge in [0.2, 0.25) is 0 Å². The molecule has 0 radical (unpaired) electrons. The van der Waals surface area contributed by atoms with Crippen molar-refractivity contribution >= 4 is 0 Å². The van der Waals surface area contributed by atoms with Crippen molar-refractivity contribution in [1.29, 1.82) is 0 Å². The summed E-state index contributed by atoms with van der Waals surface area (Å²) in [6.07, 6.45) is 3.93. The van der Waals surface area contributed by atoms with Gasteiger partial charge < -0.3 is 4.74 Å². The van der Waals surface area contributed by atoms with E-state index in [2.05, 4.69) is 4.98 Å². The zero-order valence-corrected chi connectivity index (χ0v) is 8.27. The molecule has 1 aromatic rings. The molecule has 1 aliphatic rings. The third-order valence-electron chi connectivity index (χ3n) is 2.44. The van der Waals surface area contributed by atoms with Gasteiger partial charge in [-0.1, -0.05) is 0 Å². The fourth-order valence-electron chi connectivity index (χ4n) is 1.66. The van der Waals surface area contributed by atoms with Crippen LogP contribution in [-0.4, -0.2) is 22.3 Å². The van der Waals surface area contributed by atoms with Crippen LogP contribution in [0.5, 0.6) is 0 Å². The predicted molar refractivity (Wildman–Crippen MR) is 52.2 cm³/mol.